The van der Waals surface area contributed by atoms with E-state index in [1.807, 2.05) is 25.1 Å². The number of aromatic nitrogens is 2. The SMILES string of the molecule is CCCN(CCCCCC(=O)Nc1c(N(CCC)c2ccccc2)[nH]c(C)nc1=S)c1ccccc1. The minimum Gasteiger partial charge on any atom is -0.372 e. The molecule has 3 aromatic rings. The highest BCUT2D eigenvalue weighted by molar-refractivity contribution is 7.71. The average molecular weight is 506 g/mol. The molecule has 192 valence electrons. The molecule has 3 rings (SSSR count). The molecule has 0 fully saturated rings. The van der Waals surface area contributed by atoms with Gasteiger partial charge in [-0.3, -0.25) is 4.79 Å². The van der Waals surface area contributed by atoms with Gasteiger partial charge in [0.05, 0.1) is 0 Å². The fourth-order valence-corrected chi connectivity index (χ4v) is 4.62. The first-order valence-corrected chi connectivity index (χ1v) is 13.5. The van der Waals surface area contributed by atoms with Crippen molar-refractivity contribution >= 4 is 41.0 Å². The number of hydrogen-bond donors (Lipinski definition) is 2. The quantitative estimate of drug-likeness (QED) is 0.176. The van der Waals surface area contributed by atoms with Gasteiger partial charge < -0.3 is 20.1 Å². The lowest BCUT2D eigenvalue weighted by atomic mass is 10.1. The van der Waals surface area contributed by atoms with E-state index < -0.39 is 0 Å². The molecule has 6 nitrogen and oxygen atoms in total. The van der Waals surface area contributed by atoms with Gasteiger partial charge in [0, 0.05) is 37.4 Å². The number of amides is 1. The van der Waals surface area contributed by atoms with Crippen molar-refractivity contribution in [2.45, 2.75) is 59.3 Å². The number of nitrogens with zero attached hydrogens (tertiary/aromatic N) is 3. The van der Waals surface area contributed by atoms with Gasteiger partial charge in [-0.05, 0) is 56.9 Å². The standard InChI is InChI=1S/C29H39N5OS/c1-4-20-33(24-15-9-6-10-16-24)22-14-8-13-19-26(35)32-27-28(30-23(3)31-29(27)36)34(21-5-2)25-17-11-7-12-18-25/h6-7,9-12,15-18H,4-5,8,13-14,19-22H2,1-3H3,(H,32,35)(H,30,31,36). The number of benzene rings is 2. The third-order valence-electron chi connectivity index (χ3n) is 6.02. The molecule has 2 N–H and O–H groups in total. The number of aromatic amines is 1. The largest absolute Gasteiger partial charge is 0.372 e. The van der Waals surface area contributed by atoms with E-state index in [1.165, 1.54) is 5.69 Å². The van der Waals surface area contributed by atoms with E-state index in [0.29, 0.717) is 16.7 Å². The van der Waals surface area contributed by atoms with Gasteiger partial charge in [-0.15, -0.1) is 0 Å². The molecule has 0 saturated heterocycles. The van der Waals surface area contributed by atoms with Crippen LogP contribution in [0.15, 0.2) is 60.7 Å². The van der Waals surface area contributed by atoms with Crippen LogP contribution >= 0.6 is 12.2 Å². The van der Waals surface area contributed by atoms with Gasteiger partial charge in [0.15, 0.2) is 4.64 Å². The van der Waals surface area contributed by atoms with Crippen molar-refractivity contribution in [3.8, 4) is 0 Å². The summed E-state index contributed by atoms with van der Waals surface area (Å²) < 4.78 is 0.407. The molecule has 0 spiro atoms. The van der Waals surface area contributed by atoms with Crippen molar-refractivity contribution in [2.24, 2.45) is 0 Å². The van der Waals surface area contributed by atoms with E-state index in [2.05, 4.69) is 81.4 Å². The summed E-state index contributed by atoms with van der Waals surface area (Å²) in [5.41, 5.74) is 2.89. The Hall–Kier alpha value is -3.19. The normalized spacial score (nSPS) is 10.8. The van der Waals surface area contributed by atoms with E-state index in [9.17, 15) is 4.79 Å². The van der Waals surface area contributed by atoms with Crippen LogP contribution in [0.1, 0.15) is 58.2 Å². The summed E-state index contributed by atoms with van der Waals surface area (Å²) in [6, 6.07) is 20.7. The second kappa shape index (κ2) is 14.4. The predicted molar refractivity (Wildman–Crippen MR) is 154 cm³/mol. The Morgan fingerprint density at radius 2 is 1.53 bits per heavy atom. The molecule has 0 aliphatic carbocycles. The molecular formula is C29H39N5OS. The molecule has 1 heterocycles. The zero-order valence-corrected chi connectivity index (χ0v) is 22.6. The molecule has 0 radical (unpaired) electrons. The van der Waals surface area contributed by atoms with Crippen LogP contribution in [0.4, 0.5) is 22.9 Å². The number of anilines is 4. The number of rotatable bonds is 14. The topological polar surface area (TPSA) is 64.3 Å². The van der Waals surface area contributed by atoms with Crippen LogP contribution in [0.25, 0.3) is 0 Å². The van der Waals surface area contributed by atoms with Gasteiger partial charge in [-0.25, -0.2) is 4.98 Å². The number of para-hydroxylation sites is 2. The van der Waals surface area contributed by atoms with Crippen LogP contribution in [0.5, 0.6) is 0 Å². The average Bonchev–Trinajstić information content (AvgIpc) is 2.89. The molecule has 7 heteroatoms. The van der Waals surface area contributed by atoms with E-state index in [-0.39, 0.29) is 5.91 Å². The first kappa shape index (κ1) is 27.4. The fourth-order valence-electron chi connectivity index (χ4n) is 4.33. The maximum Gasteiger partial charge on any atom is 0.224 e. The molecule has 0 unspecified atom stereocenters. The summed E-state index contributed by atoms with van der Waals surface area (Å²) in [6.45, 7) is 9.06. The van der Waals surface area contributed by atoms with E-state index in [1.54, 1.807) is 0 Å². The number of nitrogens with one attached hydrogen (secondary N) is 2. The van der Waals surface area contributed by atoms with Gasteiger partial charge >= 0.3 is 0 Å². The Morgan fingerprint density at radius 3 is 2.17 bits per heavy atom. The first-order valence-electron chi connectivity index (χ1n) is 13.1. The molecule has 0 atom stereocenters. The van der Waals surface area contributed by atoms with Crippen molar-refractivity contribution < 1.29 is 4.79 Å². The summed E-state index contributed by atoms with van der Waals surface area (Å²) in [7, 11) is 0. The summed E-state index contributed by atoms with van der Waals surface area (Å²) >= 11 is 5.57. The van der Waals surface area contributed by atoms with Gasteiger partial charge in [0.25, 0.3) is 0 Å². The third kappa shape index (κ3) is 7.92. The van der Waals surface area contributed by atoms with Crippen molar-refractivity contribution in [3.05, 3.63) is 71.1 Å². The molecule has 0 aliphatic heterocycles. The maximum atomic E-state index is 12.9. The molecule has 0 saturated carbocycles. The second-order valence-electron chi connectivity index (χ2n) is 9.02. The number of carbonyl (C=O) groups excluding carboxylic acids is 1. The number of unbranched alkanes of at least 4 members (excludes halogenated alkanes) is 2. The minimum atomic E-state index is -0.0283. The molecule has 0 aliphatic rings. The van der Waals surface area contributed by atoms with Gasteiger partial charge in [-0.1, -0.05) is 68.9 Å². The Labute approximate surface area is 220 Å². The zero-order chi connectivity index (χ0) is 25.8. The number of aryl methyl sites for hydroxylation is 1. The van der Waals surface area contributed by atoms with Crippen LogP contribution in [0.2, 0.25) is 0 Å². The van der Waals surface area contributed by atoms with Crippen LogP contribution in [-0.4, -0.2) is 35.5 Å². The van der Waals surface area contributed by atoms with E-state index >= 15 is 0 Å². The van der Waals surface area contributed by atoms with Crippen LogP contribution in [0.3, 0.4) is 0 Å². The van der Waals surface area contributed by atoms with Crippen LogP contribution in [-0.2, 0) is 4.79 Å². The molecule has 36 heavy (non-hydrogen) atoms. The fraction of sp³-hybridized carbons (Fsp3) is 0.414. The van der Waals surface area contributed by atoms with Gasteiger partial charge in [0.2, 0.25) is 5.91 Å². The lowest BCUT2D eigenvalue weighted by Crippen LogP contribution is -2.25. The predicted octanol–water partition coefficient (Wildman–Crippen LogP) is 7.41. The number of H-pyrrole nitrogens is 1. The molecule has 0 bridgehead atoms. The lowest BCUT2D eigenvalue weighted by Gasteiger charge is -2.27. The highest BCUT2D eigenvalue weighted by Crippen LogP contribution is 2.31. The molecule has 2 aromatic carbocycles. The van der Waals surface area contributed by atoms with Crippen molar-refractivity contribution in [2.75, 3.05) is 34.8 Å². The second-order valence-corrected chi connectivity index (χ2v) is 9.41. The molecule has 1 amide bonds. The smallest absolute Gasteiger partial charge is 0.224 e. The van der Waals surface area contributed by atoms with Gasteiger partial charge in [0.1, 0.15) is 17.3 Å². The summed E-state index contributed by atoms with van der Waals surface area (Å²) in [5, 5.41) is 3.07. The minimum absolute atomic E-state index is 0.0283. The Morgan fingerprint density at radius 1 is 0.889 bits per heavy atom. The molecule has 1 aromatic heterocycles. The monoisotopic (exact) mass is 505 g/mol. The summed E-state index contributed by atoms with van der Waals surface area (Å²) in [4.78, 5) is 25.3. The van der Waals surface area contributed by atoms with Crippen LogP contribution in [0, 0.1) is 11.6 Å². The summed E-state index contributed by atoms with van der Waals surface area (Å²) in [6.07, 6.45) is 5.41. The molecular weight excluding hydrogens is 466 g/mol. The Bertz CT molecular complexity index is 1130. The number of carbonyl (C=O) groups is 1. The zero-order valence-electron chi connectivity index (χ0n) is 21.8. The lowest BCUT2D eigenvalue weighted by molar-refractivity contribution is -0.116. The Kier molecular flexibility index (Phi) is 11.0. The van der Waals surface area contributed by atoms with Crippen LogP contribution < -0.4 is 15.1 Å². The Balaban J connectivity index is 1.61. The third-order valence-corrected chi connectivity index (χ3v) is 6.31. The van der Waals surface area contributed by atoms with Gasteiger partial charge in [-0.2, -0.15) is 0 Å². The highest BCUT2D eigenvalue weighted by atomic mass is 32.1. The van der Waals surface area contributed by atoms with E-state index in [0.717, 1.165) is 69.1 Å². The number of hydrogen-bond acceptors (Lipinski definition) is 5. The highest BCUT2D eigenvalue weighted by Gasteiger charge is 2.18. The first-order chi connectivity index (χ1) is 17.5. The van der Waals surface area contributed by atoms with Crippen molar-refractivity contribution in [3.63, 3.8) is 0 Å². The maximum absolute atomic E-state index is 12.9. The van der Waals surface area contributed by atoms with Crippen molar-refractivity contribution in [1.29, 1.82) is 0 Å². The summed E-state index contributed by atoms with van der Waals surface area (Å²) in [5.74, 6) is 1.48. The van der Waals surface area contributed by atoms with Crippen molar-refractivity contribution in [1.82, 2.24) is 9.97 Å². The van der Waals surface area contributed by atoms with E-state index in [4.69, 9.17) is 12.2 Å².